The number of anilines is 1. The number of rotatable bonds is 7. The van der Waals surface area contributed by atoms with Crippen LogP contribution in [0.4, 0.5) is 5.69 Å². The third-order valence-corrected chi connectivity index (χ3v) is 3.36. The SMILES string of the molecule is CCCNC(CC)C(=O)Nc1csc(C(=O)O)c1. The predicted octanol–water partition coefficient (Wildman–Crippen LogP) is 2.16. The van der Waals surface area contributed by atoms with Gasteiger partial charge in [0, 0.05) is 5.38 Å². The van der Waals surface area contributed by atoms with Crippen LogP contribution in [0.1, 0.15) is 36.4 Å². The Labute approximate surface area is 110 Å². The predicted molar refractivity (Wildman–Crippen MR) is 72.3 cm³/mol. The Kier molecular flexibility index (Phi) is 5.80. The first kappa shape index (κ1) is 14.7. The monoisotopic (exact) mass is 270 g/mol. The highest BCUT2D eigenvalue weighted by Crippen LogP contribution is 2.19. The molecular weight excluding hydrogens is 252 g/mol. The number of hydrogen-bond acceptors (Lipinski definition) is 4. The maximum atomic E-state index is 11.9. The minimum absolute atomic E-state index is 0.124. The van der Waals surface area contributed by atoms with E-state index < -0.39 is 5.97 Å². The highest BCUT2D eigenvalue weighted by molar-refractivity contribution is 7.12. The van der Waals surface area contributed by atoms with Gasteiger partial charge in [0.15, 0.2) is 0 Å². The molecule has 1 heterocycles. The Hall–Kier alpha value is -1.40. The van der Waals surface area contributed by atoms with E-state index in [-0.39, 0.29) is 16.8 Å². The van der Waals surface area contributed by atoms with Crippen molar-refractivity contribution in [3.63, 3.8) is 0 Å². The lowest BCUT2D eigenvalue weighted by Crippen LogP contribution is -2.40. The maximum Gasteiger partial charge on any atom is 0.345 e. The molecule has 18 heavy (non-hydrogen) atoms. The van der Waals surface area contributed by atoms with Crippen LogP contribution >= 0.6 is 11.3 Å². The summed E-state index contributed by atoms with van der Waals surface area (Å²) in [6, 6.07) is 1.23. The van der Waals surface area contributed by atoms with E-state index in [0.29, 0.717) is 12.1 Å². The Morgan fingerprint density at radius 3 is 2.67 bits per heavy atom. The fraction of sp³-hybridized carbons (Fsp3) is 0.500. The molecule has 1 atom stereocenters. The Bertz CT molecular complexity index is 417. The molecule has 0 aliphatic heterocycles. The Morgan fingerprint density at radius 2 is 2.17 bits per heavy atom. The first-order valence-electron chi connectivity index (χ1n) is 5.94. The lowest BCUT2D eigenvalue weighted by Gasteiger charge is -2.15. The van der Waals surface area contributed by atoms with Gasteiger partial charge in [-0.05, 0) is 25.5 Å². The van der Waals surface area contributed by atoms with Crippen LogP contribution in [0.2, 0.25) is 0 Å². The van der Waals surface area contributed by atoms with Gasteiger partial charge in [0.05, 0.1) is 11.7 Å². The summed E-state index contributed by atoms with van der Waals surface area (Å²) in [6.45, 7) is 4.76. The molecule has 0 radical (unpaired) electrons. The molecule has 6 heteroatoms. The van der Waals surface area contributed by atoms with Gasteiger partial charge in [-0.25, -0.2) is 4.79 Å². The lowest BCUT2D eigenvalue weighted by molar-refractivity contribution is -0.118. The number of carbonyl (C=O) groups is 2. The zero-order valence-electron chi connectivity index (χ0n) is 10.5. The third-order valence-electron chi connectivity index (χ3n) is 2.44. The standard InChI is InChI=1S/C12H18N2O3S/c1-3-5-13-9(4-2)11(15)14-8-6-10(12(16)17)18-7-8/h6-7,9,13H,3-5H2,1-2H3,(H,14,15)(H,16,17). The maximum absolute atomic E-state index is 11.9. The van der Waals surface area contributed by atoms with E-state index in [1.807, 2.05) is 13.8 Å². The smallest absolute Gasteiger partial charge is 0.345 e. The van der Waals surface area contributed by atoms with Crippen molar-refractivity contribution < 1.29 is 14.7 Å². The normalized spacial score (nSPS) is 12.1. The van der Waals surface area contributed by atoms with Crippen LogP contribution in [0.3, 0.4) is 0 Å². The van der Waals surface area contributed by atoms with E-state index in [1.165, 1.54) is 6.07 Å². The van der Waals surface area contributed by atoms with Crippen LogP contribution in [0, 0.1) is 0 Å². The summed E-state index contributed by atoms with van der Waals surface area (Å²) in [5, 5.41) is 16.3. The summed E-state index contributed by atoms with van der Waals surface area (Å²) >= 11 is 1.10. The number of carboxylic acid groups (broad SMARTS) is 1. The average molecular weight is 270 g/mol. The summed E-state index contributed by atoms with van der Waals surface area (Å²) in [7, 11) is 0. The van der Waals surface area contributed by atoms with Crippen molar-refractivity contribution in [3.8, 4) is 0 Å². The number of thiophene rings is 1. The number of aromatic carboxylic acids is 1. The quantitative estimate of drug-likeness (QED) is 0.709. The third kappa shape index (κ3) is 4.12. The highest BCUT2D eigenvalue weighted by Gasteiger charge is 2.16. The van der Waals surface area contributed by atoms with Gasteiger partial charge < -0.3 is 15.7 Å². The van der Waals surface area contributed by atoms with Crippen LogP contribution in [-0.2, 0) is 4.79 Å². The van der Waals surface area contributed by atoms with Crippen LogP contribution in [-0.4, -0.2) is 29.6 Å². The lowest BCUT2D eigenvalue weighted by atomic mass is 10.2. The molecule has 3 N–H and O–H groups in total. The van der Waals surface area contributed by atoms with E-state index in [1.54, 1.807) is 5.38 Å². The van der Waals surface area contributed by atoms with Crippen molar-refractivity contribution in [3.05, 3.63) is 16.3 Å². The number of nitrogens with one attached hydrogen (secondary N) is 2. The van der Waals surface area contributed by atoms with Crippen molar-refractivity contribution >= 4 is 28.9 Å². The molecule has 100 valence electrons. The van der Waals surface area contributed by atoms with Gasteiger partial charge in [0.1, 0.15) is 4.88 Å². The number of carboxylic acids is 1. The van der Waals surface area contributed by atoms with Crippen LogP contribution < -0.4 is 10.6 Å². The first-order chi connectivity index (χ1) is 8.58. The van der Waals surface area contributed by atoms with E-state index in [2.05, 4.69) is 10.6 Å². The van der Waals surface area contributed by atoms with Gasteiger partial charge in [-0.15, -0.1) is 11.3 Å². The van der Waals surface area contributed by atoms with Crippen molar-refractivity contribution in [1.82, 2.24) is 5.32 Å². The molecule has 1 amide bonds. The molecule has 0 spiro atoms. The minimum Gasteiger partial charge on any atom is -0.477 e. The largest absolute Gasteiger partial charge is 0.477 e. The number of carbonyl (C=O) groups excluding carboxylic acids is 1. The van der Waals surface area contributed by atoms with Crippen LogP contribution in [0.15, 0.2) is 11.4 Å². The van der Waals surface area contributed by atoms with Gasteiger partial charge in [0.2, 0.25) is 5.91 Å². The second-order valence-electron chi connectivity index (χ2n) is 3.91. The molecule has 1 aromatic rings. The molecular formula is C12H18N2O3S. The second-order valence-corrected chi connectivity index (χ2v) is 4.82. The summed E-state index contributed by atoms with van der Waals surface area (Å²) in [5.74, 6) is -1.10. The number of amides is 1. The van der Waals surface area contributed by atoms with Crippen molar-refractivity contribution in [2.45, 2.75) is 32.7 Å². The van der Waals surface area contributed by atoms with Gasteiger partial charge >= 0.3 is 5.97 Å². The summed E-state index contributed by atoms with van der Waals surface area (Å²) in [4.78, 5) is 22.9. The van der Waals surface area contributed by atoms with E-state index in [0.717, 1.165) is 24.3 Å². The van der Waals surface area contributed by atoms with Gasteiger partial charge in [-0.1, -0.05) is 13.8 Å². The molecule has 0 aliphatic carbocycles. The molecule has 0 saturated carbocycles. The highest BCUT2D eigenvalue weighted by atomic mass is 32.1. The van der Waals surface area contributed by atoms with Gasteiger partial charge in [-0.2, -0.15) is 0 Å². The Morgan fingerprint density at radius 1 is 1.44 bits per heavy atom. The van der Waals surface area contributed by atoms with E-state index >= 15 is 0 Å². The topological polar surface area (TPSA) is 78.4 Å². The fourth-order valence-electron chi connectivity index (χ4n) is 1.48. The zero-order chi connectivity index (χ0) is 13.5. The van der Waals surface area contributed by atoms with Gasteiger partial charge in [-0.3, -0.25) is 4.79 Å². The van der Waals surface area contributed by atoms with Crippen LogP contribution in [0.25, 0.3) is 0 Å². The van der Waals surface area contributed by atoms with E-state index in [4.69, 9.17) is 5.11 Å². The minimum atomic E-state index is -0.975. The molecule has 0 aliphatic rings. The molecule has 0 fully saturated rings. The van der Waals surface area contributed by atoms with E-state index in [9.17, 15) is 9.59 Å². The molecule has 1 rings (SSSR count). The first-order valence-corrected chi connectivity index (χ1v) is 6.82. The van der Waals surface area contributed by atoms with Crippen LogP contribution in [0.5, 0.6) is 0 Å². The molecule has 0 aromatic carbocycles. The van der Waals surface area contributed by atoms with Gasteiger partial charge in [0.25, 0.3) is 0 Å². The molecule has 1 aromatic heterocycles. The summed E-state index contributed by atoms with van der Waals surface area (Å²) in [6.07, 6.45) is 1.66. The Balaban J connectivity index is 2.58. The molecule has 0 saturated heterocycles. The zero-order valence-corrected chi connectivity index (χ0v) is 11.3. The molecule has 1 unspecified atom stereocenters. The number of hydrogen-bond donors (Lipinski definition) is 3. The fourth-order valence-corrected chi connectivity index (χ4v) is 2.16. The van der Waals surface area contributed by atoms with Crippen molar-refractivity contribution in [2.24, 2.45) is 0 Å². The summed E-state index contributed by atoms with van der Waals surface area (Å²) < 4.78 is 0. The van der Waals surface area contributed by atoms with Crippen molar-refractivity contribution in [2.75, 3.05) is 11.9 Å². The summed E-state index contributed by atoms with van der Waals surface area (Å²) in [5.41, 5.74) is 0.541. The second kappa shape index (κ2) is 7.13. The van der Waals surface area contributed by atoms with Crippen molar-refractivity contribution in [1.29, 1.82) is 0 Å². The molecule has 0 bridgehead atoms. The average Bonchev–Trinajstić information content (AvgIpc) is 2.78. The molecule has 5 nitrogen and oxygen atoms in total.